The number of rotatable bonds is 5. The van der Waals surface area contributed by atoms with Gasteiger partial charge < -0.3 is 25.8 Å². The summed E-state index contributed by atoms with van der Waals surface area (Å²) in [5.41, 5.74) is 10.0. The van der Waals surface area contributed by atoms with Gasteiger partial charge in [-0.2, -0.15) is 0 Å². The molecule has 0 amide bonds. The average molecular weight is 403 g/mol. The van der Waals surface area contributed by atoms with E-state index < -0.39 is 31.1 Å². The predicted molar refractivity (Wildman–Crippen MR) is 101 cm³/mol. The van der Waals surface area contributed by atoms with Crippen molar-refractivity contribution in [1.29, 1.82) is 0 Å². The summed E-state index contributed by atoms with van der Waals surface area (Å²) in [4.78, 5) is 14.6. The zero-order valence-electron chi connectivity index (χ0n) is 16.3. The lowest BCUT2D eigenvalue weighted by Crippen LogP contribution is -2.47. The van der Waals surface area contributed by atoms with Gasteiger partial charge in [0.1, 0.15) is 36.9 Å². The molecule has 0 radical (unpaired) electrons. The summed E-state index contributed by atoms with van der Waals surface area (Å²) in [6, 6.07) is 6.14. The summed E-state index contributed by atoms with van der Waals surface area (Å²) in [6.45, 7) is 4.14. The molecule has 2 aliphatic rings. The number of imidazole rings is 1. The summed E-state index contributed by atoms with van der Waals surface area (Å²) in [5, 5.41) is 31.4. The molecule has 0 unspecified atom stereocenters. The third-order valence-corrected chi connectivity index (χ3v) is 5.29. The fourth-order valence-corrected chi connectivity index (χ4v) is 3.58. The quantitative estimate of drug-likeness (QED) is 0.457. The van der Waals surface area contributed by atoms with Gasteiger partial charge in [0, 0.05) is 0 Å². The fraction of sp³-hybridized carbons (Fsp3) is 0.474. The SMILES string of the molecule is Cc1ccc(CON2CN=c3c(ncn3[C@@H]3O[C@H](CO)[C@@H](O)[C@H]3O)=C2N)c(C)c1. The van der Waals surface area contributed by atoms with Crippen molar-refractivity contribution in [3.63, 3.8) is 0 Å². The van der Waals surface area contributed by atoms with Crippen LogP contribution in [0.4, 0.5) is 0 Å². The van der Waals surface area contributed by atoms with Gasteiger partial charge in [-0.15, -0.1) is 0 Å². The number of hydroxylamine groups is 2. The summed E-state index contributed by atoms with van der Waals surface area (Å²) < 4.78 is 7.06. The molecular formula is C19H25N5O5. The lowest BCUT2D eigenvalue weighted by Gasteiger charge is -2.24. The van der Waals surface area contributed by atoms with Crippen LogP contribution in [0.2, 0.25) is 0 Å². The Hall–Kier alpha value is -2.50. The minimum Gasteiger partial charge on any atom is -0.394 e. The maximum atomic E-state index is 10.3. The van der Waals surface area contributed by atoms with Crippen LogP contribution in [0.1, 0.15) is 22.9 Å². The molecule has 2 aliphatic heterocycles. The number of hydrogen-bond acceptors (Lipinski definition) is 9. The first-order chi connectivity index (χ1) is 13.9. The highest BCUT2D eigenvalue weighted by atomic mass is 16.7. The Bertz CT molecular complexity index is 1020. The predicted octanol–water partition coefficient (Wildman–Crippen LogP) is -1.84. The molecule has 0 bridgehead atoms. The minimum absolute atomic E-state index is 0.143. The zero-order chi connectivity index (χ0) is 20.7. The van der Waals surface area contributed by atoms with Crippen LogP contribution in [0.25, 0.3) is 5.82 Å². The van der Waals surface area contributed by atoms with Crippen LogP contribution in [0.15, 0.2) is 29.5 Å². The zero-order valence-corrected chi connectivity index (χ0v) is 16.3. The monoisotopic (exact) mass is 403 g/mol. The number of nitrogens with two attached hydrogens (primary N) is 1. The van der Waals surface area contributed by atoms with E-state index >= 15 is 0 Å². The van der Waals surface area contributed by atoms with Gasteiger partial charge in [-0.3, -0.25) is 9.40 Å². The van der Waals surface area contributed by atoms with Crippen LogP contribution in [0, 0.1) is 13.8 Å². The van der Waals surface area contributed by atoms with Gasteiger partial charge in [0.2, 0.25) is 0 Å². The molecule has 0 spiro atoms. The van der Waals surface area contributed by atoms with Crippen LogP contribution in [0.5, 0.6) is 0 Å². The molecular weight excluding hydrogens is 378 g/mol. The van der Waals surface area contributed by atoms with Gasteiger partial charge in [0.25, 0.3) is 0 Å². The van der Waals surface area contributed by atoms with E-state index in [0.29, 0.717) is 23.3 Å². The van der Waals surface area contributed by atoms with E-state index in [1.54, 1.807) is 0 Å². The molecule has 1 aromatic heterocycles. The number of hydrogen-bond donors (Lipinski definition) is 4. The fourth-order valence-electron chi connectivity index (χ4n) is 3.58. The first kappa shape index (κ1) is 19.8. The molecule has 4 atom stereocenters. The van der Waals surface area contributed by atoms with Gasteiger partial charge in [0.05, 0.1) is 12.9 Å². The number of aromatic nitrogens is 2. The number of aryl methyl sites for hydroxylation is 2. The average Bonchev–Trinajstić information content (AvgIpc) is 3.24. The Morgan fingerprint density at radius 1 is 1.28 bits per heavy atom. The molecule has 1 aromatic carbocycles. The van der Waals surface area contributed by atoms with Gasteiger partial charge in [0.15, 0.2) is 17.5 Å². The Morgan fingerprint density at radius 3 is 2.76 bits per heavy atom. The minimum atomic E-state index is -1.22. The van der Waals surface area contributed by atoms with Crippen molar-refractivity contribution in [3.05, 3.63) is 52.1 Å². The van der Waals surface area contributed by atoms with Crippen molar-refractivity contribution in [1.82, 2.24) is 14.6 Å². The molecule has 4 rings (SSSR count). The molecule has 0 aliphatic carbocycles. The second-order valence-corrected chi connectivity index (χ2v) is 7.32. The first-order valence-electron chi connectivity index (χ1n) is 9.37. The summed E-state index contributed by atoms with van der Waals surface area (Å²) in [7, 11) is 0. The molecule has 5 N–H and O–H groups in total. The largest absolute Gasteiger partial charge is 0.394 e. The normalized spacial score (nSPS) is 26.5. The topological polar surface area (TPSA) is 139 Å². The molecule has 2 aromatic rings. The summed E-state index contributed by atoms with van der Waals surface area (Å²) >= 11 is 0. The van der Waals surface area contributed by atoms with E-state index in [1.165, 1.54) is 21.5 Å². The molecule has 3 heterocycles. The van der Waals surface area contributed by atoms with E-state index in [-0.39, 0.29) is 6.67 Å². The summed E-state index contributed by atoms with van der Waals surface area (Å²) in [5.74, 6) is 0.297. The van der Waals surface area contributed by atoms with Crippen molar-refractivity contribution in [2.24, 2.45) is 10.7 Å². The smallest absolute Gasteiger partial charge is 0.165 e. The van der Waals surface area contributed by atoms with Gasteiger partial charge >= 0.3 is 0 Å². The highest BCUT2D eigenvalue weighted by Gasteiger charge is 2.43. The molecule has 1 saturated heterocycles. The number of benzene rings is 1. The first-order valence-corrected chi connectivity index (χ1v) is 9.37. The Labute approximate surface area is 167 Å². The third-order valence-electron chi connectivity index (χ3n) is 5.29. The van der Waals surface area contributed by atoms with Crippen molar-refractivity contribution < 1.29 is 24.9 Å². The van der Waals surface area contributed by atoms with E-state index in [4.69, 9.17) is 15.3 Å². The Kier molecular flexibility index (Phi) is 5.28. The van der Waals surface area contributed by atoms with Crippen LogP contribution in [-0.4, -0.2) is 61.5 Å². The van der Waals surface area contributed by atoms with E-state index in [9.17, 15) is 15.3 Å². The molecule has 10 heteroatoms. The Morgan fingerprint density at radius 2 is 2.07 bits per heavy atom. The standard InChI is InChI=1S/C19H25N5O5/c1-10-3-4-12(11(2)5-10)7-28-24-9-22-18-14(17(24)20)21-8-23(18)19-16(27)15(26)13(6-25)29-19/h3-5,8,13,15-16,19,25-27H,6-7,9,20H2,1-2H3/t13-,15-,16-,19-/m1/s1. The molecule has 1 fully saturated rings. The van der Waals surface area contributed by atoms with E-state index in [1.807, 2.05) is 26.0 Å². The van der Waals surface area contributed by atoms with Gasteiger partial charge in [-0.05, 0) is 25.0 Å². The number of nitrogens with zero attached hydrogens (tertiary/aromatic N) is 4. The van der Waals surface area contributed by atoms with Crippen molar-refractivity contribution in [2.75, 3.05) is 13.3 Å². The van der Waals surface area contributed by atoms with Gasteiger partial charge in [-0.25, -0.2) is 15.0 Å². The van der Waals surface area contributed by atoms with Crippen LogP contribution in [0.3, 0.4) is 0 Å². The van der Waals surface area contributed by atoms with Crippen LogP contribution in [-0.2, 0) is 16.2 Å². The lowest BCUT2D eigenvalue weighted by molar-refractivity contribution is -0.124. The van der Waals surface area contributed by atoms with Gasteiger partial charge in [-0.1, -0.05) is 23.8 Å². The lowest BCUT2D eigenvalue weighted by atomic mass is 10.1. The number of aliphatic hydroxyl groups is 3. The van der Waals surface area contributed by atoms with Crippen molar-refractivity contribution in [2.45, 2.75) is 45.0 Å². The molecule has 156 valence electrons. The maximum absolute atomic E-state index is 10.3. The van der Waals surface area contributed by atoms with Crippen molar-refractivity contribution in [3.8, 4) is 0 Å². The molecule has 10 nitrogen and oxygen atoms in total. The number of fused-ring (bicyclic) bond motifs is 1. The van der Waals surface area contributed by atoms with Crippen LogP contribution >= 0.6 is 0 Å². The second kappa shape index (κ2) is 7.73. The highest BCUT2D eigenvalue weighted by Crippen LogP contribution is 2.27. The Balaban J connectivity index is 1.56. The number of aliphatic hydroxyl groups excluding tert-OH is 3. The third kappa shape index (κ3) is 3.49. The molecule has 29 heavy (non-hydrogen) atoms. The second-order valence-electron chi connectivity index (χ2n) is 7.32. The maximum Gasteiger partial charge on any atom is 0.165 e. The van der Waals surface area contributed by atoms with E-state index in [0.717, 1.165) is 11.1 Å². The van der Waals surface area contributed by atoms with Crippen molar-refractivity contribution >= 4 is 5.82 Å². The van der Waals surface area contributed by atoms with E-state index in [2.05, 4.69) is 16.0 Å². The highest BCUT2D eigenvalue weighted by molar-refractivity contribution is 5.35. The number of ether oxygens (including phenoxy) is 1. The summed E-state index contributed by atoms with van der Waals surface area (Å²) in [6.07, 6.45) is -2.78. The van der Waals surface area contributed by atoms with Crippen LogP contribution < -0.4 is 16.6 Å². The molecule has 0 saturated carbocycles.